The van der Waals surface area contributed by atoms with Gasteiger partial charge in [0, 0.05) is 6.54 Å². The third kappa shape index (κ3) is 4.99. The van der Waals surface area contributed by atoms with Gasteiger partial charge in [-0.05, 0) is 49.2 Å². The largest absolute Gasteiger partial charge is 0.493 e. The SMILES string of the molecule is CCOc1cc(CNS(=O)(=O)c2ccc(C)c(C(=O)OC)c2)ccc1OC. The van der Waals surface area contributed by atoms with Crippen molar-refractivity contribution < 1.29 is 27.4 Å². The van der Waals surface area contributed by atoms with Crippen LogP contribution in [0.25, 0.3) is 0 Å². The summed E-state index contributed by atoms with van der Waals surface area (Å²) in [7, 11) is -1.02. The van der Waals surface area contributed by atoms with Crippen molar-refractivity contribution in [1.29, 1.82) is 0 Å². The Balaban J connectivity index is 2.22. The van der Waals surface area contributed by atoms with Crippen LogP contribution in [-0.2, 0) is 21.3 Å². The van der Waals surface area contributed by atoms with Gasteiger partial charge in [-0.1, -0.05) is 12.1 Å². The molecular weight excluding hydrogens is 370 g/mol. The average Bonchev–Trinajstić information content (AvgIpc) is 2.66. The van der Waals surface area contributed by atoms with E-state index >= 15 is 0 Å². The molecule has 0 saturated carbocycles. The Morgan fingerprint density at radius 3 is 2.44 bits per heavy atom. The Morgan fingerprint density at radius 1 is 1.07 bits per heavy atom. The zero-order valence-corrected chi connectivity index (χ0v) is 16.6. The van der Waals surface area contributed by atoms with Crippen LogP contribution in [0.15, 0.2) is 41.3 Å². The number of ether oxygens (including phenoxy) is 3. The van der Waals surface area contributed by atoms with Gasteiger partial charge in [0.1, 0.15) is 0 Å². The van der Waals surface area contributed by atoms with E-state index in [0.717, 1.165) is 0 Å². The van der Waals surface area contributed by atoms with E-state index in [4.69, 9.17) is 14.2 Å². The number of nitrogens with one attached hydrogen (secondary N) is 1. The van der Waals surface area contributed by atoms with Gasteiger partial charge >= 0.3 is 5.97 Å². The van der Waals surface area contributed by atoms with Crippen molar-refractivity contribution in [3.8, 4) is 11.5 Å². The van der Waals surface area contributed by atoms with Crippen molar-refractivity contribution >= 4 is 16.0 Å². The Kier molecular flexibility index (Phi) is 6.81. The lowest BCUT2D eigenvalue weighted by Gasteiger charge is -2.12. The zero-order chi connectivity index (χ0) is 20.0. The van der Waals surface area contributed by atoms with Gasteiger partial charge in [0.15, 0.2) is 11.5 Å². The van der Waals surface area contributed by atoms with Crippen molar-refractivity contribution in [2.45, 2.75) is 25.3 Å². The predicted molar refractivity (Wildman–Crippen MR) is 101 cm³/mol. The molecule has 2 rings (SSSR count). The molecule has 0 heterocycles. The summed E-state index contributed by atoms with van der Waals surface area (Å²) < 4.78 is 43.1. The maximum absolute atomic E-state index is 12.6. The second-order valence-corrected chi connectivity index (χ2v) is 7.48. The van der Waals surface area contributed by atoms with Crippen LogP contribution >= 0.6 is 0 Å². The highest BCUT2D eigenvalue weighted by Crippen LogP contribution is 2.28. The lowest BCUT2D eigenvalue weighted by molar-refractivity contribution is 0.0599. The van der Waals surface area contributed by atoms with E-state index in [1.165, 1.54) is 26.4 Å². The van der Waals surface area contributed by atoms with Crippen LogP contribution in [0.1, 0.15) is 28.4 Å². The molecule has 0 unspecified atom stereocenters. The first-order chi connectivity index (χ1) is 12.8. The molecule has 0 fully saturated rings. The van der Waals surface area contributed by atoms with E-state index in [2.05, 4.69) is 4.72 Å². The molecule has 2 aromatic rings. The molecule has 27 heavy (non-hydrogen) atoms. The number of hydrogen-bond acceptors (Lipinski definition) is 6. The molecule has 0 atom stereocenters. The minimum absolute atomic E-state index is 0.00737. The molecule has 1 N–H and O–H groups in total. The standard InChI is InChI=1S/C19H23NO6S/c1-5-26-18-10-14(7-9-17(18)24-3)12-20-27(22,23)15-8-6-13(2)16(11-15)19(21)25-4/h6-11,20H,5,12H2,1-4H3. The van der Waals surface area contributed by atoms with Gasteiger partial charge in [-0.25, -0.2) is 17.9 Å². The summed E-state index contributed by atoms with van der Waals surface area (Å²) in [6.45, 7) is 4.09. The number of hydrogen-bond donors (Lipinski definition) is 1. The van der Waals surface area contributed by atoms with E-state index in [1.807, 2.05) is 6.92 Å². The highest BCUT2D eigenvalue weighted by atomic mass is 32.2. The fourth-order valence-corrected chi connectivity index (χ4v) is 3.50. The summed E-state index contributed by atoms with van der Waals surface area (Å²) in [4.78, 5) is 11.8. The van der Waals surface area contributed by atoms with Crippen LogP contribution in [0.3, 0.4) is 0 Å². The van der Waals surface area contributed by atoms with Crippen LogP contribution in [0, 0.1) is 6.92 Å². The Bertz CT molecular complexity index is 924. The molecule has 0 saturated heterocycles. The van der Waals surface area contributed by atoms with Crippen LogP contribution < -0.4 is 14.2 Å². The van der Waals surface area contributed by atoms with Crippen molar-refractivity contribution in [2.24, 2.45) is 0 Å². The van der Waals surface area contributed by atoms with Crippen molar-refractivity contribution in [3.63, 3.8) is 0 Å². The summed E-state index contributed by atoms with van der Waals surface area (Å²) in [5.74, 6) is 0.533. The molecule has 0 aromatic heterocycles. The minimum atomic E-state index is -3.81. The molecule has 7 nitrogen and oxygen atoms in total. The van der Waals surface area contributed by atoms with Crippen LogP contribution in [-0.4, -0.2) is 35.2 Å². The fraction of sp³-hybridized carbons (Fsp3) is 0.316. The number of methoxy groups -OCH3 is 2. The van der Waals surface area contributed by atoms with Crippen molar-refractivity contribution in [1.82, 2.24) is 4.72 Å². The number of carbonyl (C=O) groups is 1. The first-order valence-corrected chi connectivity index (χ1v) is 9.79. The van der Waals surface area contributed by atoms with Gasteiger partial charge < -0.3 is 14.2 Å². The van der Waals surface area contributed by atoms with Gasteiger partial charge in [0.25, 0.3) is 0 Å². The minimum Gasteiger partial charge on any atom is -0.493 e. The topological polar surface area (TPSA) is 90.9 Å². The molecule has 0 spiro atoms. The molecular formula is C19H23NO6S. The van der Waals surface area contributed by atoms with E-state index in [1.54, 1.807) is 31.2 Å². The molecule has 8 heteroatoms. The molecule has 0 aliphatic rings. The maximum Gasteiger partial charge on any atom is 0.338 e. The number of rotatable bonds is 8. The molecule has 2 aromatic carbocycles. The zero-order valence-electron chi connectivity index (χ0n) is 15.7. The summed E-state index contributed by atoms with van der Waals surface area (Å²) in [6, 6.07) is 9.52. The summed E-state index contributed by atoms with van der Waals surface area (Å²) in [5, 5.41) is 0. The van der Waals surface area contributed by atoms with E-state index in [-0.39, 0.29) is 17.0 Å². The van der Waals surface area contributed by atoms with Gasteiger partial charge in [0.05, 0.1) is 31.3 Å². The van der Waals surface area contributed by atoms with Gasteiger partial charge in [-0.2, -0.15) is 0 Å². The first kappa shape index (κ1) is 20.7. The molecule has 146 valence electrons. The van der Waals surface area contributed by atoms with Gasteiger partial charge in [0.2, 0.25) is 10.0 Å². The molecule has 0 aliphatic heterocycles. The molecule has 0 aliphatic carbocycles. The van der Waals surface area contributed by atoms with E-state index in [9.17, 15) is 13.2 Å². The normalized spacial score (nSPS) is 11.1. The predicted octanol–water partition coefficient (Wildman–Crippen LogP) is 2.67. The molecule has 0 radical (unpaired) electrons. The van der Waals surface area contributed by atoms with Gasteiger partial charge in [-0.15, -0.1) is 0 Å². The number of sulfonamides is 1. The smallest absolute Gasteiger partial charge is 0.338 e. The first-order valence-electron chi connectivity index (χ1n) is 8.30. The van der Waals surface area contributed by atoms with Crippen LogP contribution in [0.5, 0.6) is 11.5 Å². The fourth-order valence-electron chi connectivity index (χ4n) is 2.46. The highest BCUT2D eigenvalue weighted by molar-refractivity contribution is 7.89. The van der Waals surface area contributed by atoms with Crippen LogP contribution in [0.4, 0.5) is 0 Å². The Morgan fingerprint density at radius 2 is 1.81 bits per heavy atom. The number of esters is 1. The third-order valence-corrected chi connectivity index (χ3v) is 5.32. The van der Waals surface area contributed by atoms with Crippen molar-refractivity contribution in [2.75, 3.05) is 20.8 Å². The lowest BCUT2D eigenvalue weighted by atomic mass is 10.1. The highest BCUT2D eigenvalue weighted by Gasteiger charge is 2.18. The Hall–Kier alpha value is -2.58. The summed E-state index contributed by atoms with van der Waals surface area (Å²) in [5.41, 5.74) is 1.56. The average molecular weight is 393 g/mol. The second-order valence-electron chi connectivity index (χ2n) is 5.71. The quantitative estimate of drug-likeness (QED) is 0.694. The Labute approximate surface area is 159 Å². The van der Waals surface area contributed by atoms with E-state index < -0.39 is 16.0 Å². The maximum atomic E-state index is 12.6. The lowest BCUT2D eigenvalue weighted by Crippen LogP contribution is -2.23. The number of aryl methyl sites for hydroxylation is 1. The monoisotopic (exact) mass is 393 g/mol. The summed E-state index contributed by atoms with van der Waals surface area (Å²) in [6.07, 6.45) is 0. The molecule has 0 amide bonds. The molecule has 0 bridgehead atoms. The number of carbonyl (C=O) groups excluding carboxylic acids is 1. The van der Waals surface area contributed by atoms with Gasteiger partial charge in [-0.3, -0.25) is 0 Å². The summed E-state index contributed by atoms with van der Waals surface area (Å²) >= 11 is 0. The number of benzene rings is 2. The third-order valence-electron chi connectivity index (χ3n) is 3.92. The van der Waals surface area contributed by atoms with E-state index in [0.29, 0.717) is 29.2 Å². The van der Waals surface area contributed by atoms with Crippen LogP contribution in [0.2, 0.25) is 0 Å². The van der Waals surface area contributed by atoms with Crippen molar-refractivity contribution in [3.05, 3.63) is 53.1 Å². The second kappa shape index (κ2) is 8.88.